The zero-order valence-corrected chi connectivity index (χ0v) is 22.9. The van der Waals surface area contributed by atoms with E-state index in [9.17, 15) is 15.0 Å². The van der Waals surface area contributed by atoms with Crippen LogP contribution >= 0.6 is 0 Å². The smallest absolute Gasteiger partial charge is 0.290 e. The molecule has 0 bridgehead atoms. The first kappa shape index (κ1) is 26.8. The number of Topliss-reactive ketones (excluding diaryl/α,β-unsaturated/α-hetero) is 1. The van der Waals surface area contributed by atoms with Gasteiger partial charge in [-0.3, -0.25) is 9.59 Å². The molecule has 0 aliphatic heterocycles. The number of hydrogen-bond acceptors (Lipinski definition) is 4. The molecule has 3 saturated carbocycles. The highest BCUT2D eigenvalue weighted by atomic mass is 16.3. The van der Waals surface area contributed by atoms with Crippen molar-refractivity contribution in [3.63, 3.8) is 0 Å². The van der Waals surface area contributed by atoms with E-state index >= 15 is 0 Å². The second-order valence-electron chi connectivity index (χ2n) is 13.1. The van der Waals surface area contributed by atoms with Crippen LogP contribution in [0.5, 0.6) is 11.5 Å². The van der Waals surface area contributed by atoms with E-state index in [1.54, 1.807) is 6.92 Å². The highest BCUT2D eigenvalue weighted by molar-refractivity contribution is 5.78. The van der Waals surface area contributed by atoms with Gasteiger partial charge in [0.2, 0.25) is 0 Å². The van der Waals surface area contributed by atoms with Gasteiger partial charge in [-0.1, -0.05) is 45.8 Å². The van der Waals surface area contributed by atoms with Crippen molar-refractivity contribution in [2.75, 3.05) is 0 Å². The SMILES string of the molecule is CC(=O)CC1C=C2C(C)(CCC3C4CC(C)CCC4(C)CCC23C)c2cc(O)c(O)c(C)c21.O=CO. The minimum atomic E-state index is -0.250. The van der Waals surface area contributed by atoms with Gasteiger partial charge in [0.05, 0.1) is 0 Å². The lowest BCUT2D eigenvalue weighted by Gasteiger charge is -2.64. The zero-order chi connectivity index (χ0) is 26.6. The Labute approximate surface area is 216 Å². The molecule has 0 amide bonds. The van der Waals surface area contributed by atoms with Crippen LogP contribution in [-0.4, -0.2) is 27.6 Å². The van der Waals surface area contributed by atoms with Crippen LogP contribution in [0.15, 0.2) is 17.7 Å². The van der Waals surface area contributed by atoms with Crippen molar-refractivity contribution < 1.29 is 24.9 Å². The fourth-order valence-corrected chi connectivity index (χ4v) is 8.94. The normalized spacial score (nSPS) is 38.7. The second-order valence-corrected chi connectivity index (χ2v) is 13.1. The molecule has 0 heterocycles. The van der Waals surface area contributed by atoms with E-state index in [0.717, 1.165) is 34.9 Å². The third-order valence-electron chi connectivity index (χ3n) is 10.9. The van der Waals surface area contributed by atoms with Crippen LogP contribution in [0.1, 0.15) is 109 Å². The molecule has 0 spiro atoms. The molecule has 198 valence electrons. The van der Waals surface area contributed by atoms with Crippen molar-refractivity contribution in [1.29, 1.82) is 0 Å². The molecule has 7 atom stereocenters. The largest absolute Gasteiger partial charge is 0.504 e. The third kappa shape index (κ3) is 3.97. The average molecular weight is 497 g/mol. The fraction of sp³-hybridized carbons (Fsp3) is 0.677. The number of fused-ring (bicyclic) bond motifs is 7. The molecule has 0 saturated heterocycles. The third-order valence-corrected chi connectivity index (χ3v) is 10.9. The number of phenols is 2. The molecule has 0 aromatic heterocycles. The van der Waals surface area contributed by atoms with Crippen molar-refractivity contribution in [3.8, 4) is 11.5 Å². The maximum absolute atomic E-state index is 12.3. The zero-order valence-electron chi connectivity index (χ0n) is 22.9. The summed E-state index contributed by atoms with van der Waals surface area (Å²) in [5, 5.41) is 28.1. The van der Waals surface area contributed by atoms with Crippen molar-refractivity contribution in [2.45, 2.75) is 104 Å². The average Bonchev–Trinajstić information content (AvgIpc) is 2.80. The summed E-state index contributed by atoms with van der Waals surface area (Å²) in [7, 11) is 0. The number of allylic oxidation sites excluding steroid dienone is 2. The maximum Gasteiger partial charge on any atom is 0.290 e. The number of rotatable bonds is 2. The molecule has 5 heteroatoms. The van der Waals surface area contributed by atoms with Gasteiger partial charge in [-0.05, 0) is 104 Å². The van der Waals surface area contributed by atoms with Crippen molar-refractivity contribution >= 4 is 12.3 Å². The predicted molar refractivity (Wildman–Crippen MR) is 141 cm³/mol. The van der Waals surface area contributed by atoms with Crippen molar-refractivity contribution in [3.05, 3.63) is 34.4 Å². The van der Waals surface area contributed by atoms with Gasteiger partial charge in [0.1, 0.15) is 5.78 Å². The summed E-state index contributed by atoms with van der Waals surface area (Å²) in [6, 6.07) is 1.82. The standard InChI is InChI=1S/C30H42O3.CH2O2/c1-17-7-9-28(4)11-12-30(6)21(22(28)13-17)8-10-29(5)23-16-24(32)27(33)19(3)26(23)20(14-18(2)31)15-25(29)30;2-1-3/h15-17,20-22,32-33H,7-14H2,1-6H3;1H,(H,2,3). The van der Waals surface area contributed by atoms with E-state index in [0.29, 0.717) is 17.8 Å². The number of ketones is 1. The molecule has 36 heavy (non-hydrogen) atoms. The highest BCUT2D eigenvalue weighted by Gasteiger charge is 2.60. The minimum absolute atomic E-state index is 0.0266. The first-order valence-corrected chi connectivity index (χ1v) is 13.7. The van der Waals surface area contributed by atoms with E-state index in [1.807, 2.05) is 13.0 Å². The quantitative estimate of drug-likeness (QED) is 0.232. The predicted octanol–water partition coefficient (Wildman–Crippen LogP) is 7.02. The molecule has 3 fully saturated rings. The topological polar surface area (TPSA) is 94.8 Å². The van der Waals surface area contributed by atoms with Crippen molar-refractivity contribution in [2.24, 2.45) is 28.6 Å². The summed E-state index contributed by atoms with van der Waals surface area (Å²) in [5.74, 6) is 2.35. The number of phenolic OH excluding ortho intramolecular Hbond substituents is 2. The Morgan fingerprint density at radius 3 is 2.39 bits per heavy atom. The summed E-state index contributed by atoms with van der Waals surface area (Å²) < 4.78 is 0. The van der Waals surface area contributed by atoms with Gasteiger partial charge in [-0.25, -0.2) is 0 Å². The highest BCUT2D eigenvalue weighted by Crippen LogP contribution is 2.69. The molecule has 5 rings (SSSR count). The molecular weight excluding hydrogens is 452 g/mol. The Balaban J connectivity index is 0.000000967. The summed E-state index contributed by atoms with van der Waals surface area (Å²) >= 11 is 0. The van der Waals surface area contributed by atoms with E-state index in [4.69, 9.17) is 9.90 Å². The lowest BCUT2D eigenvalue weighted by molar-refractivity contribution is -0.123. The molecule has 1 aromatic carbocycles. The lowest BCUT2D eigenvalue weighted by atomic mass is 9.40. The van der Waals surface area contributed by atoms with Crippen LogP contribution in [0.3, 0.4) is 0 Å². The Morgan fingerprint density at radius 1 is 1.08 bits per heavy atom. The molecule has 1 aromatic rings. The van der Waals surface area contributed by atoms with Gasteiger partial charge < -0.3 is 15.3 Å². The summed E-state index contributed by atoms with van der Waals surface area (Å²) in [6.07, 6.45) is 11.8. The van der Waals surface area contributed by atoms with Crippen molar-refractivity contribution in [1.82, 2.24) is 0 Å². The number of carbonyl (C=O) groups excluding carboxylic acids is 1. The van der Waals surface area contributed by atoms with Crippen LogP contribution in [-0.2, 0) is 15.0 Å². The first-order chi connectivity index (χ1) is 16.8. The molecule has 7 unspecified atom stereocenters. The number of aromatic hydroxyl groups is 2. The monoisotopic (exact) mass is 496 g/mol. The van der Waals surface area contributed by atoms with Gasteiger partial charge >= 0.3 is 0 Å². The Morgan fingerprint density at radius 2 is 1.75 bits per heavy atom. The number of carbonyl (C=O) groups is 2. The Hall–Kier alpha value is -2.30. The fourth-order valence-electron chi connectivity index (χ4n) is 8.94. The van der Waals surface area contributed by atoms with E-state index in [-0.39, 0.29) is 40.5 Å². The van der Waals surface area contributed by atoms with E-state index in [1.165, 1.54) is 44.1 Å². The maximum atomic E-state index is 12.3. The van der Waals surface area contributed by atoms with Gasteiger partial charge in [0, 0.05) is 17.8 Å². The molecule has 3 N–H and O–H groups in total. The van der Waals surface area contributed by atoms with Gasteiger partial charge in [0.25, 0.3) is 6.47 Å². The molecule has 4 aliphatic carbocycles. The minimum Gasteiger partial charge on any atom is -0.504 e. The van der Waals surface area contributed by atoms with Crippen LogP contribution in [0, 0.1) is 35.5 Å². The summed E-state index contributed by atoms with van der Waals surface area (Å²) in [4.78, 5) is 20.7. The van der Waals surface area contributed by atoms with Crippen LogP contribution in [0.4, 0.5) is 0 Å². The van der Waals surface area contributed by atoms with Crippen LogP contribution < -0.4 is 0 Å². The van der Waals surface area contributed by atoms with Crippen LogP contribution in [0.2, 0.25) is 0 Å². The first-order valence-electron chi connectivity index (χ1n) is 13.7. The summed E-state index contributed by atoms with van der Waals surface area (Å²) in [6.45, 7) is 13.2. The molecule has 5 nitrogen and oxygen atoms in total. The Bertz CT molecular complexity index is 1090. The van der Waals surface area contributed by atoms with Crippen LogP contribution in [0.25, 0.3) is 0 Å². The van der Waals surface area contributed by atoms with Gasteiger partial charge in [0.15, 0.2) is 11.5 Å². The van der Waals surface area contributed by atoms with Gasteiger partial charge in [-0.2, -0.15) is 0 Å². The molecular formula is C31H44O5. The van der Waals surface area contributed by atoms with E-state index < -0.39 is 0 Å². The summed E-state index contributed by atoms with van der Waals surface area (Å²) in [5.41, 5.74) is 4.90. The van der Waals surface area contributed by atoms with E-state index in [2.05, 4.69) is 33.8 Å². The lowest BCUT2D eigenvalue weighted by Crippen LogP contribution is -2.56. The number of hydrogen-bond donors (Lipinski definition) is 3. The number of carboxylic acid groups (broad SMARTS) is 1. The Kier molecular flexibility index (Phi) is 6.85. The number of benzene rings is 1. The molecule has 0 radical (unpaired) electrons. The molecule has 4 aliphatic rings. The van der Waals surface area contributed by atoms with Gasteiger partial charge in [-0.15, -0.1) is 0 Å². The second kappa shape index (κ2) is 9.22.